The van der Waals surface area contributed by atoms with Gasteiger partial charge in [-0.25, -0.2) is 9.97 Å². The number of hydrogen-bond donors (Lipinski definition) is 0. The molecule has 0 spiro atoms. The highest BCUT2D eigenvalue weighted by atomic mass is 32.2. The molecule has 126 valence electrons. The van der Waals surface area contributed by atoms with Gasteiger partial charge in [0.2, 0.25) is 0 Å². The van der Waals surface area contributed by atoms with Crippen LogP contribution >= 0.6 is 11.8 Å². The van der Waals surface area contributed by atoms with E-state index in [1.165, 1.54) is 11.8 Å². The van der Waals surface area contributed by atoms with Crippen molar-refractivity contribution >= 4 is 11.8 Å². The molecule has 8 heteroatoms. The van der Waals surface area contributed by atoms with Crippen molar-refractivity contribution in [2.24, 2.45) is 0 Å². The van der Waals surface area contributed by atoms with Crippen molar-refractivity contribution in [3.63, 3.8) is 0 Å². The fraction of sp³-hybridized carbons (Fsp3) is 0.235. The van der Waals surface area contributed by atoms with Gasteiger partial charge in [-0.05, 0) is 38.1 Å². The van der Waals surface area contributed by atoms with Crippen LogP contribution in [0.1, 0.15) is 22.9 Å². The van der Waals surface area contributed by atoms with Crippen molar-refractivity contribution in [3.8, 4) is 23.3 Å². The Morgan fingerprint density at radius 2 is 1.92 bits per heavy atom. The molecular weight excluding hydrogens is 338 g/mol. The van der Waals surface area contributed by atoms with E-state index in [2.05, 4.69) is 26.2 Å². The summed E-state index contributed by atoms with van der Waals surface area (Å²) in [5, 5.41) is 13.9. The Bertz CT molecular complexity index is 931. The summed E-state index contributed by atoms with van der Waals surface area (Å²) in [6.07, 6.45) is 0. The SMILES string of the molecule is COc1ccc(-c2nc(CSc3nc(C)nc(C)c3C#N)no2)cc1. The second-order valence-corrected chi connectivity index (χ2v) is 6.15. The average molecular weight is 353 g/mol. The van der Waals surface area contributed by atoms with Gasteiger partial charge in [-0.3, -0.25) is 0 Å². The number of aromatic nitrogens is 4. The molecule has 0 fully saturated rings. The molecule has 1 aromatic carbocycles. The maximum Gasteiger partial charge on any atom is 0.257 e. The van der Waals surface area contributed by atoms with Crippen molar-refractivity contribution in [3.05, 3.63) is 47.2 Å². The quantitative estimate of drug-likeness (QED) is 0.509. The average Bonchev–Trinajstić information content (AvgIpc) is 3.08. The molecule has 2 aromatic heterocycles. The summed E-state index contributed by atoms with van der Waals surface area (Å²) in [4.78, 5) is 12.9. The summed E-state index contributed by atoms with van der Waals surface area (Å²) < 4.78 is 10.4. The van der Waals surface area contributed by atoms with E-state index in [1.54, 1.807) is 21.0 Å². The predicted molar refractivity (Wildman–Crippen MR) is 92.1 cm³/mol. The van der Waals surface area contributed by atoms with Crippen LogP contribution in [0, 0.1) is 25.2 Å². The molecule has 0 radical (unpaired) electrons. The summed E-state index contributed by atoms with van der Waals surface area (Å²) in [5.74, 6) is 2.82. The number of rotatable bonds is 5. The second-order valence-electron chi connectivity index (χ2n) is 5.18. The van der Waals surface area contributed by atoms with Crippen LogP contribution in [-0.4, -0.2) is 27.2 Å². The molecular formula is C17H15N5O2S. The van der Waals surface area contributed by atoms with Crippen LogP contribution in [0.2, 0.25) is 0 Å². The van der Waals surface area contributed by atoms with Gasteiger partial charge in [0.1, 0.15) is 28.2 Å². The second kappa shape index (κ2) is 7.32. The Labute approximate surface area is 149 Å². The van der Waals surface area contributed by atoms with E-state index in [0.29, 0.717) is 39.6 Å². The Balaban J connectivity index is 1.75. The third-order valence-corrected chi connectivity index (χ3v) is 4.39. The third kappa shape index (κ3) is 3.78. The minimum Gasteiger partial charge on any atom is -0.497 e. The fourth-order valence-electron chi connectivity index (χ4n) is 2.21. The molecule has 0 bridgehead atoms. The highest BCUT2D eigenvalue weighted by Gasteiger charge is 2.14. The van der Waals surface area contributed by atoms with Crippen LogP contribution in [-0.2, 0) is 5.75 Å². The smallest absolute Gasteiger partial charge is 0.257 e. The number of methoxy groups -OCH3 is 1. The molecule has 0 atom stereocenters. The lowest BCUT2D eigenvalue weighted by molar-refractivity contribution is 0.414. The molecule has 0 saturated heterocycles. The maximum atomic E-state index is 9.28. The van der Waals surface area contributed by atoms with Crippen LogP contribution < -0.4 is 4.74 Å². The third-order valence-electron chi connectivity index (χ3n) is 3.42. The first-order valence-electron chi connectivity index (χ1n) is 7.46. The molecule has 3 rings (SSSR count). The number of nitriles is 1. The molecule has 3 aromatic rings. The highest BCUT2D eigenvalue weighted by Crippen LogP contribution is 2.26. The fourth-order valence-corrected chi connectivity index (χ4v) is 3.13. The zero-order valence-electron chi connectivity index (χ0n) is 14.0. The molecule has 2 heterocycles. The largest absolute Gasteiger partial charge is 0.497 e. The number of thioether (sulfide) groups is 1. The maximum absolute atomic E-state index is 9.28. The van der Waals surface area contributed by atoms with Gasteiger partial charge in [-0.1, -0.05) is 16.9 Å². The summed E-state index contributed by atoms with van der Waals surface area (Å²) in [6, 6.07) is 9.52. The molecule has 0 aliphatic rings. The van der Waals surface area contributed by atoms with Gasteiger partial charge in [0, 0.05) is 5.56 Å². The lowest BCUT2D eigenvalue weighted by atomic mass is 10.2. The molecule has 0 unspecified atom stereocenters. The monoisotopic (exact) mass is 353 g/mol. The summed E-state index contributed by atoms with van der Waals surface area (Å²) >= 11 is 1.39. The van der Waals surface area contributed by atoms with Gasteiger partial charge in [0.25, 0.3) is 5.89 Å². The lowest BCUT2D eigenvalue weighted by Crippen LogP contribution is -1.99. The van der Waals surface area contributed by atoms with E-state index in [-0.39, 0.29) is 0 Å². The minimum absolute atomic E-state index is 0.439. The molecule has 0 aliphatic carbocycles. The number of nitrogens with zero attached hydrogens (tertiary/aromatic N) is 5. The van der Waals surface area contributed by atoms with E-state index in [1.807, 2.05) is 24.3 Å². The van der Waals surface area contributed by atoms with Gasteiger partial charge in [-0.15, -0.1) is 0 Å². The standard InChI is InChI=1S/C17H15N5O2S/c1-10-14(8-18)17(20-11(2)19-10)25-9-15-21-16(24-22-15)12-4-6-13(23-3)7-5-12/h4-7H,9H2,1-3H3. The van der Waals surface area contributed by atoms with Gasteiger partial charge in [-0.2, -0.15) is 10.2 Å². The van der Waals surface area contributed by atoms with Crippen molar-refractivity contribution in [1.82, 2.24) is 20.1 Å². The normalized spacial score (nSPS) is 10.5. The lowest BCUT2D eigenvalue weighted by Gasteiger charge is -2.04. The van der Waals surface area contributed by atoms with Gasteiger partial charge in [0.05, 0.1) is 18.6 Å². The molecule has 25 heavy (non-hydrogen) atoms. The minimum atomic E-state index is 0.439. The molecule has 0 saturated carbocycles. The van der Waals surface area contributed by atoms with Crippen LogP contribution in [0.15, 0.2) is 33.8 Å². The van der Waals surface area contributed by atoms with E-state index in [9.17, 15) is 5.26 Å². The number of hydrogen-bond acceptors (Lipinski definition) is 8. The van der Waals surface area contributed by atoms with Crippen LogP contribution in [0.4, 0.5) is 0 Å². The number of aryl methyl sites for hydroxylation is 2. The zero-order chi connectivity index (χ0) is 17.8. The molecule has 0 amide bonds. The highest BCUT2D eigenvalue weighted by molar-refractivity contribution is 7.98. The molecule has 7 nitrogen and oxygen atoms in total. The van der Waals surface area contributed by atoms with Gasteiger partial charge in [0.15, 0.2) is 5.82 Å². The first-order chi connectivity index (χ1) is 12.1. The molecule has 0 N–H and O–H groups in total. The summed E-state index contributed by atoms with van der Waals surface area (Å²) in [7, 11) is 1.61. The van der Waals surface area contributed by atoms with Crippen molar-refractivity contribution < 1.29 is 9.26 Å². The van der Waals surface area contributed by atoms with Crippen molar-refractivity contribution in [2.75, 3.05) is 7.11 Å². The Kier molecular flexibility index (Phi) is 4.95. The number of benzene rings is 1. The molecule has 0 aliphatic heterocycles. The van der Waals surface area contributed by atoms with E-state index in [0.717, 1.165) is 11.3 Å². The zero-order valence-corrected chi connectivity index (χ0v) is 14.8. The van der Waals surface area contributed by atoms with E-state index < -0.39 is 0 Å². The topological polar surface area (TPSA) is 97.7 Å². The first-order valence-corrected chi connectivity index (χ1v) is 8.44. The first kappa shape index (κ1) is 16.9. The summed E-state index contributed by atoms with van der Waals surface area (Å²) in [6.45, 7) is 3.60. The Morgan fingerprint density at radius 1 is 1.16 bits per heavy atom. The van der Waals surface area contributed by atoms with Crippen LogP contribution in [0.5, 0.6) is 5.75 Å². The van der Waals surface area contributed by atoms with Gasteiger partial charge < -0.3 is 9.26 Å². The van der Waals surface area contributed by atoms with E-state index in [4.69, 9.17) is 9.26 Å². The van der Waals surface area contributed by atoms with Crippen molar-refractivity contribution in [2.45, 2.75) is 24.6 Å². The van der Waals surface area contributed by atoms with Gasteiger partial charge >= 0.3 is 0 Å². The Morgan fingerprint density at radius 3 is 2.60 bits per heavy atom. The number of ether oxygens (including phenoxy) is 1. The van der Waals surface area contributed by atoms with Crippen LogP contribution in [0.25, 0.3) is 11.5 Å². The van der Waals surface area contributed by atoms with E-state index >= 15 is 0 Å². The predicted octanol–water partition coefficient (Wildman–Crippen LogP) is 3.32. The van der Waals surface area contributed by atoms with Crippen LogP contribution in [0.3, 0.4) is 0 Å². The Hall–Kier alpha value is -2.92. The summed E-state index contributed by atoms with van der Waals surface area (Å²) in [5.41, 5.74) is 1.97. The van der Waals surface area contributed by atoms with Crippen molar-refractivity contribution in [1.29, 1.82) is 5.26 Å².